The van der Waals surface area contributed by atoms with E-state index in [2.05, 4.69) is 0 Å². The third-order valence-corrected chi connectivity index (χ3v) is 5.29. The Morgan fingerprint density at radius 3 is 2.54 bits per heavy atom. The molecule has 4 nitrogen and oxygen atoms in total. The quantitative estimate of drug-likeness (QED) is 0.943. The van der Waals surface area contributed by atoms with E-state index < -0.39 is 0 Å². The molecule has 1 saturated carbocycles. The average Bonchev–Trinajstić information content (AvgIpc) is 3.18. The Morgan fingerprint density at radius 2 is 1.75 bits per heavy atom. The van der Waals surface area contributed by atoms with Crippen LogP contribution in [-0.2, 0) is 0 Å². The minimum absolute atomic E-state index is 0.0446. The van der Waals surface area contributed by atoms with E-state index in [0.717, 1.165) is 31.7 Å². The molecular formula is C20H22N2O2. The number of hydrogen-bond acceptors (Lipinski definition) is 3. The van der Waals surface area contributed by atoms with Crippen molar-refractivity contribution in [2.75, 3.05) is 13.1 Å². The lowest BCUT2D eigenvalue weighted by atomic mass is 9.98. The van der Waals surface area contributed by atoms with Gasteiger partial charge < -0.3 is 15.4 Å². The van der Waals surface area contributed by atoms with Crippen LogP contribution in [0.1, 0.15) is 23.2 Å². The Balaban J connectivity index is 1.55. The molecule has 1 aliphatic carbocycles. The average molecular weight is 322 g/mol. The molecule has 0 spiro atoms. The number of amides is 1. The van der Waals surface area contributed by atoms with Crippen molar-refractivity contribution in [1.82, 2.24) is 4.90 Å². The van der Waals surface area contributed by atoms with Gasteiger partial charge in [-0.15, -0.1) is 0 Å². The zero-order chi connectivity index (χ0) is 16.5. The van der Waals surface area contributed by atoms with Crippen LogP contribution in [0.15, 0.2) is 54.6 Å². The lowest BCUT2D eigenvalue weighted by molar-refractivity contribution is 0.0777. The Labute approximate surface area is 142 Å². The first kappa shape index (κ1) is 15.2. The summed E-state index contributed by atoms with van der Waals surface area (Å²) in [5.74, 6) is 2.40. The van der Waals surface area contributed by atoms with Gasteiger partial charge in [-0.05, 0) is 48.9 Å². The fourth-order valence-corrected chi connectivity index (χ4v) is 3.99. The second kappa shape index (κ2) is 6.29. The van der Waals surface area contributed by atoms with Crippen LogP contribution < -0.4 is 10.5 Å². The summed E-state index contributed by atoms with van der Waals surface area (Å²) in [6, 6.07) is 17.3. The van der Waals surface area contributed by atoms with E-state index in [1.807, 2.05) is 59.5 Å². The summed E-state index contributed by atoms with van der Waals surface area (Å²) < 4.78 is 5.93. The molecule has 3 unspecified atom stereocenters. The summed E-state index contributed by atoms with van der Waals surface area (Å²) in [5, 5.41) is 0. The molecule has 1 saturated heterocycles. The number of benzene rings is 2. The van der Waals surface area contributed by atoms with E-state index in [-0.39, 0.29) is 11.9 Å². The zero-order valence-electron chi connectivity index (χ0n) is 13.6. The van der Waals surface area contributed by atoms with Crippen LogP contribution >= 0.6 is 0 Å². The van der Waals surface area contributed by atoms with Gasteiger partial charge >= 0.3 is 0 Å². The largest absolute Gasteiger partial charge is 0.457 e. The molecule has 24 heavy (non-hydrogen) atoms. The number of fused-ring (bicyclic) bond motifs is 1. The van der Waals surface area contributed by atoms with Gasteiger partial charge in [0.2, 0.25) is 0 Å². The van der Waals surface area contributed by atoms with Crippen molar-refractivity contribution < 1.29 is 9.53 Å². The first-order valence-electron chi connectivity index (χ1n) is 8.59. The van der Waals surface area contributed by atoms with Crippen LogP contribution in [0.2, 0.25) is 0 Å². The standard InChI is InChI=1S/C20H22N2O2/c21-18-11-10-14-12-22(13-17(14)18)20(23)16-8-4-5-9-19(16)24-15-6-2-1-3-7-15/h1-9,14,17-18H,10-13,21H2. The predicted molar refractivity (Wildman–Crippen MR) is 93.1 cm³/mol. The van der Waals surface area contributed by atoms with Crippen molar-refractivity contribution in [1.29, 1.82) is 0 Å². The summed E-state index contributed by atoms with van der Waals surface area (Å²) in [7, 11) is 0. The highest BCUT2D eigenvalue weighted by Crippen LogP contribution is 2.38. The highest BCUT2D eigenvalue weighted by molar-refractivity contribution is 5.97. The van der Waals surface area contributed by atoms with Gasteiger partial charge in [0, 0.05) is 19.1 Å². The number of carbonyl (C=O) groups excluding carboxylic acids is 1. The molecule has 1 aliphatic heterocycles. The molecule has 124 valence electrons. The maximum absolute atomic E-state index is 13.0. The fraction of sp³-hybridized carbons (Fsp3) is 0.350. The Hall–Kier alpha value is -2.33. The van der Waals surface area contributed by atoms with Crippen LogP contribution in [0.5, 0.6) is 11.5 Å². The number of carbonyl (C=O) groups is 1. The first-order valence-corrected chi connectivity index (χ1v) is 8.59. The van der Waals surface area contributed by atoms with Crippen LogP contribution in [0.4, 0.5) is 0 Å². The van der Waals surface area contributed by atoms with Crippen LogP contribution in [0, 0.1) is 11.8 Å². The minimum atomic E-state index is 0.0446. The molecule has 2 N–H and O–H groups in total. The van der Waals surface area contributed by atoms with E-state index >= 15 is 0 Å². The molecule has 0 radical (unpaired) electrons. The Bertz CT molecular complexity index is 731. The summed E-state index contributed by atoms with van der Waals surface area (Å²) in [4.78, 5) is 14.9. The van der Waals surface area contributed by atoms with Gasteiger partial charge in [0.15, 0.2) is 0 Å². The second-order valence-electron chi connectivity index (χ2n) is 6.79. The lowest BCUT2D eigenvalue weighted by Gasteiger charge is -2.20. The monoisotopic (exact) mass is 322 g/mol. The van der Waals surface area contributed by atoms with Gasteiger partial charge in [-0.25, -0.2) is 0 Å². The van der Waals surface area contributed by atoms with Gasteiger partial charge in [0.1, 0.15) is 11.5 Å². The van der Waals surface area contributed by atoms with Crippen molar-refractivity contribution in [2.24, 2.45) is 17.6 Å². The zero-order valence-corrected chi connectivity index (χ0v) is 13.6. The number of nitrogens with two attached hydrogens (primary N) is 1. The molecule has 4 rings (SSSR count). The number of rotatable bonds is 3. The van der Waals surface area contributed by atoms with Crippen molar-refractivity contribution >= 4 is 5.91 Å². The molecular weight excluding hydrogens is 300 g/mol. The molecule has 0 aromatic heterocycles. The van der Waals surface area contributed by atoms with Crippen molar-refractivity contribution in [2.45, 2.75) is 18.9 Å². The molecule has 3 atom stereocenters. The molecule has 4 heteroatoms. The van der Waals surface area contributed by atoms with E-state index in [0.29, 0.717) is 23.1 Å². The second-order valence-corrected chi connectivity index (χ2v) is 6.79. The van der Waals surface area contributed by atoms with E-state index in [1.165, 1.54) is 0 Å². The maximum Gasteiger partial charge on any atom is 0.257 e. The first-order chi connectivity index (χ1) is 11.7. The Kier molecular flexibility index (Phi) is 3.98. The molecule has 1 amide bonds. The number of para-hydroxylation sites is 2. The van der Waals surface area contributed by atoms with Gasteiger partial charge in [-0.3, -0.25) is 4.79 Å². The predicted octanol–water partition coefficient (Wildman–Crippen LogP) is 3.29. The molecule has 0 bridgehead atoms. The molecule has 2 aromatic rings. The minimum Gasteiger partial charge on any atom is -0.457 e. The molecule has 2 aromatic carbocycles. The molecule has 2 fully saturated rings. The van der Waals surface area contributed by atoms with E-state index in [4.69, 9.17) is 10.5 Å². The third kappa shape index (κ3) is 2.78. The van der Waals surface area contributed by atoms with Crippen LogP contribution in [-0.4, -0.2) is 29.9 Å². The summed E-state index contributed by atoms with van der Waals surface area (Å²) in [5.41, 5.74) is 6.81. The third-order valence-electron chi connectivity index (χ3n) is 5.29. The topological polar surface area (TPSA) is 55.6 Å². The SMILES string of the molecule is NC1CCC2CN(C(=O)c3ccccc3Oc3ccccc3)CC12. The van der Waals surface area contributed by atoms with Crippen LogP contribution in [0.3, 0.4) is 0 Å². The van der Waals surface area contributed by atoms with E-state index in [9.17, 15) is 4.79 Å². The maximum atomic E-state index is 13.0. The van der Waals surface area contributed by atoms with Crippen molar-refractivity contribution in [3.05, 3.63) is 60.2 Å². The molecule has 1 heterocycles. The highest BCUT2D eigenvalue weighted by Gasteiger charge is 2.42. The Morgan fingerprint density at radius 1 is 1.00 bits per heavy atom. The number of nitrogens with zero attached hydrogens (tertiary/aromatic N) is 1. The fourth-order valence-electron chi connectivity index (χ4n) is 3.99. The van der Waals surface area contributed by atoms with Gasteiger partial charge in [-0.2, -0.15) is 0 Å². The van der Waals surface area contributed by atoms with Crippen molar-refractivity contribution in [3.8, 4) is 11.5 Å². The smallest absolute Gasteiger partial charge is 0.257 e. The van der Waals surface area contributed by atoms with Gasteiger partial charge in [0.05, 0.1) is 5.56 Å². The van der Waals surface area contributed by atoms with E-state index in [1.54, 1.807) is 0 Å². The summed E-state index contributed by atoms with van der Waals surface area (Å²) in [6.45, 7) is 1.58. The molecule has 2 aliphatic rings. The normalized spacial score (nSPS) is 25.5. The van der Waals surface area contributed by atoms with Gasteiger partial charge in [0.25, 0.3) is 5.91 Å². The number of hydrogen-bond donors (Lipinski definition) is 1. The summed E-state index contributed by atoms with van der Waals surface area (Å²) in [6.07, 6.45) is 2.23. The van der Waals surface area contributed by atoms with Crippen LogP contribution in [0.25, 0.3) is 0 Å². The summed E-state index contributed by atoms with van der Waals surface area (Å²) >= 11 is 0. The highest BCUT2D eigenvalue weighted by atomic mass is 16.5. The van der Waals surface area contributed by atoms with Gasteiger partial charge in [-0.1, -0.05) is 30.3 Å². The number of likely N-dealkylation sites (tertiary alicyclic amines) is 1. The lowest BCUT2D eigenvalue weighted by Crippen LogP contribution is -2.33. The van der Waals surface area contributed by atoms with Crippen molar-refractivity contribution in [3.63, 3.8) is 0 Å². The number of ether oxygens (including phenoxy) is 1.